The van der Waals surface area contributed by atoms with E-state index in [-0.39, 0.29) is 17.9 Å². The maximum atomic E-state index is 11.7. The minimum absolute atomic E-state index is 0.229. The number of nitrogens with two attached hydrogens (primary N) is 1. The molecule has 5 nitrogen and oxygen atoms in total. The molecule has 1 atom stereocenters. The first-order valence-corrected chi connectivity index (χ1v) is 5.13. The highest BCUT2D eigenvalue weighted by Crippen LogP contribution is 2.32. The number of fused-ring (bicyclic) bond motifs is 4. The molecule has 82 valence electrons. The van der Waals surface area contributed by atoms with Gasteiger partial charge in [0.15, 0.2) is 0 Å². The van der Waals surface area contributed by atoms with Gasteiger partial charge in [0, 0.05) is 18.8 Å². The van der Waals surface area contributed by atoms with Gasteiger partial charge >= 0.3 is 6.03 Å². The van der Waals surface area contributed by atoms with E-state index in [1.807, 2.05) is 12.1 Å². The Morgan fingerprint density at radius 2 is 2.19 bits per heavy atom. The van der Waals surface area contributed by atoms with Gasteiger partial charge < -0.3 is 10.6 Å². The van der Waals surface area contributed by atoms with Crippen LogP contribution in [0.2, 0.25) is 0 Å². The fourth-order valence-corrected chi connectivity index (χ4v) is 2.32. The van der Waals surface area contributed by atoms with Gasteiger partial charge in [-0.25, -0.2) is 4.79 Å². The number of benzene rings is 1. The van der Waals surface area contributed by atoms with Crippen LogP contribution >= 0.6 is 0 Å². The molecule has 1 fully saturated rings. The molecule has 0 saturated carbocycles. The van der Waals surface area contributed by atoms with E-state index in [9.17, 15) is 9.59 Å². The standard InChI is InChI=1S/C11H11N3O2/c12-7-2-1-6-4-14-5-9(8(6)3-7)10(15)13-11(14)16/h1-3,9H,4-5,12H2,(H,13,15,16). The SMILES string of the molecule is Nc1ccc2c(c1)C1CN(C2)C(=O)NC1=O. The van der Waals surface area contributed by atoms with Crippen LogP contribution in [0.4, 0.5) is 10.5 Å². The first kappa shape index (κ1) is 9.21. The molecule has 1 unspecified atom stereocenters. The van der Waals surface area contributed by atoms with Crippen LogP contribution < -0.4 is 11.1 Å². The van der Waals surface area contributed by atoms with Crippen molar-refractivity contribution >= 4 is 17.6 Å². The highest BCUT2D eigenvalue weighted by Gasteiger charge is 2.38. The highest BCUT2D eigenvalue weighted by atomic mass is 16.2. The number of anilines is 1. The van der Waals surface area contributed by atoms with Crippen LogP contribution in [0.1, 0.15) is 17.0 Å². The van der Waals surface area contributed by atoms with Crippen LogP contribution in [0.5, 0.6) is 0 Å². The number of carbonyl (C=O) groups is 2. The van der Waals surface area contributed by atoms with Crippen LogP contribution in [-0.2, 0) is 11.3 Å². The molecule has 0 spiro atoms. The molecule has 0 aliphatic carbocycles. The van der Waals surface area contributed by atoms with Gasteiger partial charge in [0.1, 0.15) is 0 Å². The van der Waals surface area contributed by atoms with Crippen LogP contribution in [-0.4, -0.2) is 23.4 Å². The average Bonchev–Trinajstić information content (AvgIpc) is 2.26. The van der Waals surface area contributed by atoms with E-state index in [1.54, 1.807) is 11.0 Å². The zero-order valence-electron chi connectivity index (χ0n) is 8.56. The van der Waals surface area contributed by atoms with Gasteiger partial charge in [0.25, 0.3) is 0 Å². The number of carbonyl (C=O) groups excluding carboxylic acids is 2. The zero-order valence-corrected chi connectivity index (χ0v) is 8.56. The zero-order chi connectivity index (χ0) is 11.3. The monoisotopic (exact) mass is 217 g/mol. The lowest BCUT2D eigenvalue weighted by molar-refractivity contribution is -0.123. The molecular formula is C11H11N3O2. The molecular weight excluding hydrogens is 206 g/mol. The third kappa shape index (κ3) is 1.18. The number of imide groups is 1. The van der Waals surface area contributed by atoms with Crippen molar-refractivity contribution in [1.82, 2.24) is 10.2 Å². The fraction of sp³-hybridized carbons (Fsp3) is 0.273. The van der Waals surface area contributed by atoms with E-state index in [0.29, 0.717) is 18.8 Å². The number of hydrogen-bond donors (Lipinski definition) is 2. The summed E-state index contributed by atoms with van der Waals surface area (Å²) < 4.78 is 0. The lowest BCUT2D eigenvalue weighted by atomic mass is 9.87. The smallest absolute Gasteiger partial charge is 0.324 e. The summed E-state index contributed by atoms with van der Waals surface area (Å²) in [4.78, 5) is 24.8. The molecule has 3 N–H and O–H groups in total. The average molecular weight is 217 g/mol. The van der Waals surface area contributed by atoms with Crippen molar-refractivity contribution in [3.05, 3.63) is 29.3 Å². The maximum Gasteiger partial charge on any atom is 0.324 e. The maximum absolute atomic E-state index is 11.7. The molecule has 2 aliphatic heterocycles. The molecule has 2 heterocycles. The second-order valence-corrected chi connectivity index (χ2v) is 4.19. The van der Waals surface area contributed by atoms with Gasteiger partial charge in [0.2, 0.25) is 5.91 Å². The number of amides is 3. The third-order valence-electron chi connectivity index (χ3n) is 3.14. The summed E-state index contributed by atoms with van der Waals surface area (Å²) >= 11 is 0. The lowest BCUT2D eigenvalue weighted by Gasteiger charge is -2.38. The number of nitrogens with zero attached hydrogens (tertiary/aromatic N) is 1. The van der Waals surface area contributed by atoms with E-state index < -0.39 is 0 Å². The Hall–Kier alpha value is -2.04. The summed E-state index contributed by atoms with van der Waals surface area (Å²) in [5.41, 5.74) is 8.32. The van der Waals surface area contributed by atoms with Crippen molar-refractivity contribution < 1.29 is 9.59 Å². The van der Waals surface area contributed by atoms with Gasteiger partial charge in [-0.1, -0.05) is 6.07 Å². The minimum atomic E-state index is -0.302. The minimum Gasteiger partial charge on any atom is -0.399 e. The predicted octanol–water partition coefficient (Wildman–Crippen LogP) is 0.418. The molecule has 0 aromatic heterocycles. The van der Waals surface area contributed by atoms with E-state index in [0.717, 1.165) is 11.1 Å². The van der Waals surface area contributed by atoms with Gasteiger partial charge in [-0.2, -0.15) is 0 Å². The van der Waals surface area contributed by atoms with Crippen LogP contribution in [0, 0.1) is 0 Å². The number of hydrogen-bond acceptors (Lipinski definition) is 3. The molecule has 2 aliphatic rings. The fourth-order valence-electron chi connectivity index (χ4n) is 2.32. The van der Waals surface area contributed by atoms with Crippen molar-refractivity contribution in [2.45, 2.75) is 12.5 Å². The number of rotatable bonds is 0. The van der Waals surface area contributed by atoms with Gasteiger partial charge in [-0.05, 0) is 23.3 Å². The lowest BCUT2D eigenvalue weighted by Crippen LogP contribution is -2.55. The summed E-state index contributed by atoms with van der Waals surface area (Å²) in [6.07, 6.45) is 0. The molecule has 16 heavy (non-hydrogen) atoms. The van der Waals surface area contributed by atoms with Crippen molar-refractivity contribution in [3.8, 4) is 0 Å². The van der Waals surface area contributed by atoms with Gasteiger partial charge in [-0.3, -0.25) is 10.1 Å². The molecule has 0 radical (unpaired) electrons. The van der Waals surface area contributed by atoms with E-state index in [4.69, 9.17) is 5.73 Å². The number of nitrogens with one attached hydrogen (secondary N) is 1. The molecule has 5 heteroatoms. The van der Waals surface area contributed by atoms with Crippen LogP contribution in [0.15, 0.2) is 18.2 Å². The predicted molar refractivity (Wildman–Crippen MR) is 57.5 cm³/mol. The Bertz CT molecular complexity index is 498. The van der Waals surface area contributed by atoms with E-state index >= 15 is 0 Å². The molecule has 1 aromatic rings. The third-order valence-corrected chi connectivity index (χ3v) is 3.14. The Kier molecular flexibility index (Phi) is 1.71. The largest absolute Gasteiger partial charge is 0.399 e. The number of urea groups is 1. The summed E-state index contributed by atoms with van der Waals surface area (Å²) in [7, 11) is 0. The summed E-state index contributed by atoms with van der Waals surface area (Å²) in [6, 6.07) is 5.20. The van der Waals surface area contributed by atoms with Crippen molar-refractivity contribution in [1.29, 1.82) is 0 Å². The second kappa shape index (κ2) is 2.98. The normalized spacial score (nSPS) is 22.8. The van der Waals surface area contributed by atoms with Crippen molar-refractivity contribution in [2.24, 2.45) is 0 Å². The molecule has 1 saturated heterocycles. The number of nitrogen functional groups attached to an aromatic ring is 1. The summed E-state index contributed by atoms with van der Waals surface area (Å²) in [6.45, 7) is 1.01. The topological polar surface area (TPSA) is 75.4 Å². The van der Waals surface area contributed by atoms with Gasteiger partial charge in [-0.15, -0.1) is 0 Å². The molecule has 1 aromatic carbocycles. The first-order valence-electron chi connectivity index (χ1n) is 5.13. The molecule has 3 rings (SSSR count). The Morgan fingerprint density at radius 3 is 3.00 bits per heavy atom. The van der Waals surface area contributed by atoms with E-state index in [2.05, 4.69) is 5.32 Å². The molecule has 3 amide bonds. The summed E-state index contributed by atoms with van der Waals surface area (Å²) in [5.74, 6) is -0.502. The Labute approximate surface area is 92.2 Å². The quantitative estimate of drug-likeness (QED) is 0.618. The van der Waals surface area contributed by atoms with E-state index in [1.165, 1.54) is 0 Å². The molecule has 2 bridgehead atoms. The Balaban J connectivity index is 2.13. The van der Waals surface area contributed by atoms with Crippen LogP contribution in [0.25, 0.3) is 0 Å². The summed E-state index contributed by atoms with van der Waals surface area (Å²) in [5, 5.41) is 2.35. The van der Waals surface area contributed by atoms with Crippen LogP contribution in [0.3, 0.4) is 0 Å². The van der Waals surface area contributed by atoms with Crippen molar-refractivity contribution in [3.63, 3.8) is 0 Å². The second-order valence-electron chi connectivity index (χ2n) is 4.19. The first-order chi connectivity index (χ1) is 7.65. The van der Waals surface area contributed by atoms with Gasteiger partial charge in [0.05, 0.1) is 5.92 Å². The highest BCUT2D eigenvalue weighted by molar-refractivity contribution is 6.01. The van der Waals surface area contributed by atoms with Crippen molar-refractivity contribution in [2.75, 3.05) is 12.3 Å². The Morgan fingerprint density at radius 1 is 1.38 bits per heavy atom.